The molecule has 0 aliphatic heterocycles. The van der Waals surface area contributed by atoms with Gasteiger partial charge in [0.05, 0.1) is 12.4 Å². The van der Waals surface area contributed by atoms with Crippen LogP contribution in [0.25, 0.3) is 0 Å². The number of aliphatic hydroxyl groups excluding tert-OH is 1. The number of carbonyl (C=O) groups is 1. The lowest BCUT2D eigenvalue weighted by Gasteiger charge is -2.06. The minimum atomic E-state index is -0.931. The maximum atomic E-state index is 13.0. The third kappa shape index (κ3) is 4.54. The fourth-order valence-electron chi connectivity index (χ4n) is 1.61. The molecule has 0 bridgehead atoms. The second kappa shape index (κ2) is 7.19. The van der Waals surface area contributed by atoms with Crippen LogP contribution in [-0.2, 0) is 11.4 Å². The molecule has 0 radical (unpaired) electrons. The van der Waals surface area contributed by atoms with Crippen molar-refractivity contribution in [2.75, 3.05) is 11.1 Å². The summed E-state index contributed by atoms with van der Waals surface area (Å²) < 4.78 is 25.8. The van der Waals surface area contributed by atoms with Crippen molar-refractivity contribution in [3.05, 3.63) is 59.7 Å². The molecule has 110 valence electrons. The molecule has 0 atom stereocenters. The summed E-state index contributed by atoms with van der Waals surface area (Å²) in [6.07, 6.45) is 0. The molecule has 0 spiro atoms. The molecule has 2 aromatic rings. The van der Waals surface area contributed by atoms with Gasteiger partial charge in [-0.05, 0) is 35.9 Å². The number of hydrogen-bond donors (Lipinski definition) is 2. The first kappa shape index (κ1) is 15.5. The van der Waals surface area contributed by atoms with Crippen LogP contribution in [0.1, 0.15) is 5.56 Å². The number of amides is 1. The van der Waals surface area contributed by atoms with E-state index < -0.39 is 11.6 Å². The molecule has 21 heavy (non-hydrogen) atoms. The summed E-state index contributed by atoms with van der Waals surface area (Å²) in [6.45, 7) is -0.0553. The first-order valence-electron chi connectivity index (χ1n) is 6.16. The Balaban J connectivity index is 1.87. The van der Waals surface area contributed by atoms with Gasteiger partial charge in [-0.1, -0.05) is 12.1 Å². The minimum absolute atomic E-state index is 0.0553. The molecule has 0 aliphatic rings. The summed E-state index contributed by atoms with van der Waals surface area (Å²) >= 11 is 1.12. The Morgan fingerprint density at radius 1 is 1.10 bits per heavy atom. The zero-order valence-corrected chi connectivity index (χ0v) is 11.8. The smallest absolute Gasteiger partial charge is 0.234 e. The highest BCUT2D eigenvalue weighted by atomic mass is 32.2. The summed E-state index contributed by atoms with van der Waals surface area (Å²) in [5.74, 6) is -2.00. The standard InChI is InChI=1S/C15H13F2NO2S/c16-13-6-5-12(7-14(13)17)21-9-15(20)18-11-3-1-10(8-19)2-4-11/h1-7,19H,8-9H2,(H,18,20). The van der Waals surface area contributed by atoms with Crippen molar-refractivity contribution in [1.29, 1.82) is 0 Å². The topological polar surface area (TPSA) is 49.3 Å². The first-order chi connectivity index (χ1) is 10.1. The fourth-order valence-corrected chi connectivity index (χ4v) is 2.33. The highest BCUT2D eigenvalue weighted by Gasteiger charge is 2.06. The summed E-state index contributed by atoms with van der Waals surface area (Å²) in [5.41, 5.74) is 1.37. The number of carbonyl (C=O) groups excluding carboxylic acids is 1. The van der Waals surface area contributed by atoms with Crippen molar-refractivity contribution in [3.8, 4) is 0 Å². The van der Waals surface area contributed by atoms with Crippen LogP contribution in [0.5, 0.6) is 0 Å². The predicted molar refractivity (Wildman–Crippen MR) is 78.1 cm³/mol. The van der Waals surface area contributed by atoms with Gasteiger partial charge in [-0.3, -0.25) is 4.79 Å². The van der Waals surface area contributed by atoms with Gasteiger partial charge in [0.15, 0.2) is 11.6 Å². The number of halogens is 2. The monoisotopic (exact) mass is 309 g/mol. The molecule has 0 unspecified atom stereocenters. The molecule has 3 nitrogen and oxygen atoms in total. The SMILES string of the molecule is O=C(CSc1ccc(F)c(F)c1)Nc1ccc(CO)cc1. The normalized spacial score (nSPS) is 10.4. The van der Waals surface area contributed by atoms with Crippen LogP contribution >= 0.6 is 11.8 Å². The van der Waals surface area contributed by atoms with Gasteiger partial charge in [-0.15, -0.1) is 11.8 Å². The molecule has 0 saturated heterocycles. The molecule has 0 aromatic heterocycles. The Morgan fingerprint density at radius 2 is 1.81 bits per heavy atom. The lowest BCUT2D eigenvalue weighted by molar-refractivity contribution is -0.113. The number of nitrogens with one attached hydrogen (secondary N) is 1. The Kier molecular flexibility index (Phi) is 5.30. The van der Waals surface area contributed by atoms with E-state index in [1.54, 1.807) is 24.3 Å². The molecule has 1 amide bonds. The second-order valence-electron chi connectivity index (χ2n) is 4.27. The lowest BCUT2D eigenvalue weighted by atomic mass is 10.2. The molecule has 2 N–H and O–H groups in total. The quantitative estimate of drug-likeness (QED) is 0.834. The maximum absolute atomic E-state index is 13.0. The lowest BCUT2D eigenvalue weighted by Crippen LogP contribution is -2.13. The average molecular weight is 309 g/mol. The molecular weight excluding hydrogens is 296 g/mol. The molecular formula is C15H13F2NO2S. The summed E-state index contributed by atoms with van der Waals surface area (Å²) in [6, 6.07) is 10.3. The van der Waals surface area contributed by atoms with Gasteiger partial charge < -0.3 is 10.4 Å². The number of anilines is 1. The van der Waals surface area contributed by atoms with E-state index >= 15 is 0 Å². The van der Waals surface area contributed by atoms with E-state index in [0.29, 0.717) is 10.6 Å². The number of benzene rings is 2. The first-order valence-corrected chi connectivity index (χ1v) is 7.14. The largest absolute Gasteiger partial charge is 0.392 e. The van der Waals surface area contributed by atoms with E-state index in [-0.39, 0.29) is 18.3 Å². The Hall–Kier alpha value is -1.92. The molecule has 0 heterocycles. The van der Waals surface area contributed by atoms with Gasteiger partial charge in [0.2, 0.25) is 5.91 Å². The van der Waals surface area contributed by atoms with Crippen LogP contribution in [0.3, 0.4) is 0 Å². The van der Waals surface area contributed by atoms with E-state index in [1.807, 2.05) is 0 Å². The Labute approximate surface area is 125 Å². The molecule has 0 saturated carbocycles. The van der Waals surface area contributed by atoms with Crippen molar-refractivity contribution in [2.45, 2.75) is 11.5 Å². The van der Waals surface area contributed by atoms with Crippen molar-refractivity contribution in [1.82, 2.24) is 0 Å². The maximum Gasteiger partial charge on any atom is 0.234 e. The van der Waals surface area contributed by atoms with Crippen LogP contribution in [0.15, 0.2) is 47.4 Å². The highest BCUT2D eigenvalue weighted by Crippen LogP contribution is 2.20. The summed E-state index contributed by atoms with van der Waals surface area (Å²) in [4.78, 5) is 12.2. The minimum Gasteiger partial charge on any atom is -0.392 e. The Morgan fingerprint density at radius 3 is 2.43 bits per heavy atom. The third-order valence-electron chi connectivity index (χ3n) is 2.68. The van der Waals surface area contributed by atoms with Crippen LogP contribution < -0.4 is 5.32 Å². The molecule has 6 heteroatoms. The van der Waals surface area contributed by atoms with Crippen LogP contribution in [0.4, 0.5) is 14.5 Å². The van der Waals surface area contributed by atoms with Crippen LogP contribution in [0, 0.1) is 11.6 Å². The number of hydrogen-bond acceptors (Lipinski definition) is 3. The van der Waals surface area contributed by atoms with Crippen molar-refractivity contribution in [2.24, 2.45) is 0 Å². The van der Waals surface area contributed by atoms with Gasteiger partial charge in [0.25, 0.3) is 0 Å². The van der Waals surface area contributed by atoms with Gasteiger partial charge in [-0.2, -0.15) is 0 Å². The summed E-state index contributed by atoms with van der Waals surface area (Å²) in [5, 5.41) is 11.6. The highest BCUT2D eigenvalue weighted by molar-refractivity contribution is 8.00. The van der Waals surface area contributed by atoms with Crippen LogP contribution in [-0.4, -0.2) is 16.8 Å². The molecule has 2 aromatic carbocycles. The van der Waals surface area contributed by atoms with Gasteiger partial charge >= 0.3 is 0 Å². The van der Waals surface area contributed by atoms with Gasteiger partial charge in [0, 0.05) is 10.6 Å². The zero-order valence-electron chi connectivity index (χ0n) is 11.0. The van der Waals surface area contributed by atoms with Crippen LogP contribution in [0.2, 0.25) is 0 Å². The molecule has 0 aliphatic carbocycles. The van der Waals surface area contributed by atoms with Crippen molar-refractivity contribution >= 4 is 23.4 Å². The fraction of sp³-hybridized carbons (Fsp3) is 0.133. The van der Waals surface area contributed by atoms with E-state index in [2.05, 4.69) is 5.32 Å². The zero-order chi connectivity index (χ0) is 15.2. The number of thioether (sulfide) groups is 1. The molecule has 0 fully saturated rings. The van der Waals surface area contributed by atoms with E-state index in [9.17, 15) is 13.6 Å². The van der Waals surface area contributed by atoms with E-state index in [0.717, 1.165) is 29.5 Å². The van der Waals surface area contributed by atoms with Crippen molar-refractivity contribution < 1.29 is 18.7 Å². The van der Waals surface area contributed by atoms with E-state index in [1.165, 1.54) is 6.07 Å². The predicted octanol–water partition coefficient (Wildman–Crippen LogP) is 3.19. The number of aliphatic hydroxyl groups is 1. The van der Waals surface area contributed by atoms with Crippen molar-refractivity contribution in [3.63, 3.8) is 0 Å². The average Bonchev–Trinajstić information content (AvgIpc) is 2.49. The van der Waals surface area contributed by atoms with Gasteiger partial charge in [-0.25, -0.2) is 8.78 Å². The third-order valence-corrected chi connectivity index (χ3v) is 3.68. The summed E-state index contributed by atoms with van der Waals surface area (Å²) in [7, 11) is 0. The Bertz CT molecular complexity index is 632. The number of rotatable bonds is 5. The van der Waals surface area contributed by atoms with Gasteiger partial charge in [0.1, 0.15) is 0 Å². The second-order valence-corrected chi connectivity index (χ2v) is 5.32. The molecule has 2 rings (SSSR count). The van der Waals surface area contributed by atoms with E-state index in [4.69, 9.17) is 5.11 Å².